The third kappa shape index (κ3) is 6.19. The Kier molecular flexibility index (Phi) is 5.85. The largest absolute Gasteiger partial charge is 0.468 e. The molecule has 4 heteroatoms. The zero-order valence-electron chi connectivity index (χ0n) is 12.2. The van der Waals surface area contributed by atoms with E-state index in [4.69, 9.17) is 9.15 Å². The van der Waals surface area contributed by atoms with Crippen molar-refractivity contribution in [1.82, 2.24) is 10.2 Å². The molecule has 104 valence electrons. The van der Waals surface area contributed by atoms with E-state index in [9.17, 15) is 0 Å². The molecular formula is C14H26N2O2. The minimum Gasteiger partial charge on any atom is -0.468 e. The topological polar surface area (TPSA) is 37.6 Å². The lowest BCUT2D eigenvalue weighted by Crippen LogP contribution is -2.34. The second-order valence-corrected chi connectivity index (χ2v) is 5.76. The fraction of sp³-hybridized carbons (Fsp3) is 0.714. The van der Waals surface area contributed by atoms with Crippen molar-refractivity contribution < 1.29 is 9.15 Å². The molecule has 0 bridgehead atoms. The lowest BCUT2D eigenvalue weighted by atomic mass is 10.1. The van der Waals surface area contributed by atoms with E-state index in [0.29, 0.717) is 0 Å². The van der Waals surface area contributed by atoms with E-state index in [1.807, 2.05) is 6.26 Å². The van der Waals surface area contributed by atoms with Crippen LogP contribution in [0.1, 0.15) is 32.1 Å². The molecule has 0 spiro atoms. The quantitative estimate of drug-likeness (QED) is 0.810. The molecule has 0 atom stereocenters. The molecule has 0 saturated carbocycles. The molecule has 0 amide bonds. The van der Waals surface area contributed by atoms with Crippen LogP contribution in [0.25, 0.3) is 0 Å². The van der Waals surface area contributed by atoms with E-state index in [1.54, 1.807) is 7.11 Å². The van der Waals surface area contributed by atoms with Gasteiger partial charge in [-0.05, 0) is 33.9 Å². The highest BCUT2D eigenvalue weighted by atomic mass is 16.5. The molecule has 1 aromatic rings. The van der Waals surface area contributed by atoms with Crippen molar-refractivity contribution in [2.75, 3.05) is 27.3 Å². The van der Waals surface area contributed by atoms with Crippen molar-refractivity contribution in [2.45, 2.75) is 39.4 Å². The maximum atomic E-state index is 5.56. The summed E-state index contributed by atoms with van der Waals surface area (Å²) in [5, 5.41) is 3.45. The highest BCUT2D eigenvalue weighted by Crippen LogP contribution is 2.11. The predicted molar refractivity (Wildman–Crippen MR) is 73.5 cm³/mol. The van der Waals surface area contributed by atoms with Gasteiger partial charge in [-0.2, -0.15) is 0 Å². The average molecular weight is 254 g/mol. The van der Waals surface area contributed by atoms with E-state index < -0.39 is 0 Å². The maximum Gasteiger partial charge on any atom is 0.118 e. The third-order valence-electron chi connectivity index (χ3n) is 2.63. The van der Waals surface area contributed by atoms with Gasteiger partial charge in [0.25, 0.3) is 0 Å². The first-order chi connectivity index (χ1) is 8.40. The Morgan fingerprint density at radius 2 is 2.11 bits per heavy atom. The van der Waals surface area contributed by atoms with E-state index in [-0.39, 0.29) is 5.54 Å². The van der Waals surface area contributed by atoms with Gasteiger partial charge in [-0.25, -0.2) is 0 Å². The van der Waals surface area contributed by atoms with E-state index in [1.165, 1.54) is 5.56 Å². The van der Waals surface area contributed by atoms with Gasteiger partial charge >= 0.3 is 0 Å². The normalized spacial score (nSPS) is 12.3. The minimum absolute atomic E-state index is 0.132. The molecule has 1 aromatic heterocycles. The van der Waals surface area contributed by atoms with Gasteiger partial charge in [0.2, 0.25) is 0 Å². The third-order valence-corrected chi connectivity index (χ3v) is 2.63. The van der Waals surface area contributed by atoms with Crippen molar-refractivity contribution in [3.05, 3.63) is 23.7 Å². The van der Waals surface area contributed by atoms with Gasteiger partial charge in [0.15, 0.2) is 0 Å². The molecule has 1 heterocycles. The van der Waals surface area contributed by atoms with Crippen LogP contribution in [0.4, 0.5) is 0 Å². The van der Waals surface area contributed by atoms with Gasteiger partial charge in [-0.3, -0.25) is 4.90 Å². The first-order valence-electron chi connectivity index (χ1n) is 6.39. The molecule has 1 N–H and O–H groups in total. The molecule has 0 unspecified atom stereocenters. The number of nitrogens with zero attached hydrogens (tertiary/aromatic N) is 1. The standard InChI is InChI=1S/C14H26N2O2/c1-14(2,3)15-9-12-8-13(18-11-12)10-16(4)6-7-17-5/h8,11,15H,6-7,9-10H2,1-5H3. The highest BCUT2D eigenvalue weighted by Gasteiger charge is 2.10. The second-order valence-electron chi connectivity index (χ2n) is 5.76. The van der Waals surface area contributed by atoms with Crippen molar-refractivity contribution in [1.29, 1.82) is 0 Å². The average Bonchev–Trinajstić information content (AvgIpc) is 2.70. The van der Waals surface area contributed by atoms with Crippen LogP contribution in [0, 0.1) is 0 Å². The lowest BCUT2D eigenvalue weighted by molar-refractivity contribution is 0.155. The van der Waals surface area contributed by atoms with Gasteiger partial charge in [0, 0.05) is 31.3 Å². The second kappa shape index (κ2) is 6.92. The molecule has 0 aliphatic heterocycles. The van der Waals surface area contributed by atoms with Crippen LogP contribution in [0.15, 0.2) is 16.7 Å². The number of furan rings is 1. The predicted octanol–water partition coefficient (Wildman–Crippen LogP) is 2.25. The number of hydrogen-bond donors (Lipinski definition) is 1. The van der Waals surface area contributed by atoms with Crippen molar-refractivity contribution in [3.63, 3.8) is 0 Å². The first-order valence-corrected chi connectivity index (χ1v) is 6.39. The minimum atomic E-state index is 0.132. The molecular weight excluding hydrogens is 228 g/mol. The summed E-state index contributed by atoms with van der Waals surface area (Å²) in [5.74, 6) is 0.999. The zero-order chi connectivity index (χ0) is 13.6. The Morgan fingerprint density at radius 3 is 2.72 bits per heavy atom. The van der Waals surface area contributed by atoms with Crippen molar-refractivity contribution in [3.8, 4) is 0 Å². The molecule has 0 fully saturated rings. The van der Waals surface area contributed by atoms with Gasteiger partial charge in [0.05, 0.1) is 19.4 Å². The summed E-state index contributed by atoms with van der Waals surface area (Å²) in [6.07, 6.45) is 1.83. The summed E-state index contributed by atoms with van der Waals surface area (Å²) in [4.78, 5) is 2.18. The molecule has 0 aliphatic carbocycles. The fourth-order valence-corrected chi connectivity index (χ4v) is 1.56. The highest BCUT2D eigenvalue weighted by molar-refractivity contribution is 5.12. The monoisotopic (exact) mass is 254 g/mol. The van der Waals surface area contributed by atoms with Crippen molar-refractivity contribution >= 4 is 0 Å². The summed E-state index contributed by atoms with van der Waals surface area (Å²) < 4.78 is 10.6. The van der Waals surface area contributed by atoms with Crippen molar-refractivity contribution in [2.24, 2.45) is 0 Å². The van der Waals surface area contributed by atoms with Gasteiger partial charge < -0.3 is 14.5 Å². The molecule has 0 aromatic carbocycles. The van der Waals surface area contributed by atoms with Gasteiger partial charge in [-0.15, -0.1) is 0 Å². The number of likely N-dealkylation sites (N-methyl/N-ethyl adjacent to an activating group) is 1. The van der Waals surface area contributed by atoms with Crippen LogP contribution in [-0.2, 0) is 17.8 Å². The molecule has 4 nitrogen and oxygen atoms in total. The summed E-state index contributed by atoms with van der Waals surface area (Å²) in [7, 11) is 3.78. The summed E-state index contributed by atoms with van der Waals surface area (Å²) in [6, 6.07) is 2.11. The van der Waals surface area contributed by atoms with Gasteiger partial charge in [0.1, 0.15) is 5.76 Å². The number of ether oxygens (including phenoxy) is 1. The number of methoxy groups -OCH3 is 1. The van der Waals surface area contributed by atoms with Crippen LogP contribution >= 0.6 is 0 Å². The SMILES string of the molecule is COCCN(C)Cc1cc(CNC(C)(C)C)co1. The fourth-order valence-electron chi connectivity index (χ4n) is 1.56. The Balaban J connectivity index is 2.38. The van der Waals surface area contributed by atoms with Crippen LogP contribution in [0.2, 0.25) is 0 Å². The first kappa shape index (κ1) is 15.2. The Labute approximate surface area is 110 Å². The smallest absolute Gasteiger partial charge is 0.118 e. The van der Waals surface area contributed by atoms with Crippen LogP contribution in [0.3, 0.4) is 0 Å². The Morgan fingerprint density at radius 1 is 1.39 bits per heavy atom. The summed E-state index contributed by atoms with van der Waals surface area (Å²) in [6.45, 7) is 9.79. The summed E-state index contributed by atoms with van der Waals surface area (Å²) >= 11 is 0. The van der Waals surface area contributed by atoms with Crippen LogP contribution in [0.5, 0.6) is 0 Å². The van der Waals surface area contributed by atoms with E-state index >= 15 is 0 Å². The van der Waals surface area contributed by atoms with E-state index in [2.05, 4.69) is 44.1 Å². The van der Waals surface area contributed by atoms with Crippen LogP contribution in [-0.4, -0.2) is 37.7 Å². The molecule has 0 saturated heterocycles. The Hall–Kier alpha value is -0.840. The molecule has 0 radical (unpaired) electrons. The number of hydrogen-bond acceptors (Lipinski definition) is 4. The molecule has 1 rings (SSSR count). The van der Waals surface area contributed by atoms with Crippen LogP contribution < -0.4 is 5.32 Å². The summed E-state index contributed by atoms with van der Waals surface area (Å²) in [5.41, 5.74) is 1.33. The number of rotatable bonds is 7. The number of nitrogens with one attached hydrogen (secondary N) is 1. The molecule has 18 heavy (non-hydrogen) atoms. The van der Waals surface area contributed by atoms with E-state index in [0.717, 1.165) is 32.0 Å². The van der Waals surface area contributed by atoms with Gasteiger partial charge in [-0.1, -0.05) is 0 Å². The zero-order valence-corrected chi connectivity index (χ0v) is 12.2. The Bertz CT molecular complexity index is 342. The maximum absolute atomic E-state index is 5.56. The lowest BCUT2D eigenvalue weighted by Gasteiger charge is -2.19. The molecule has 0 aliphatic rings.